The van der Waals surface area contributed by atoms with Crippen molar-refractivity contribution in [3.8, 4) is 11.5 Å². The number of carbonyl (C=O) groups is 1. The minimum atomic E-state index is -0.363. The number of hydrogen-bond acceptors (Lipinski definition) is 5. The van der Waals surface area contributed by atoms with Crippen LogP contribution in [0.4, 0.5) is 0 Å². The molecule has 17 heavy (non-hydrogen) atoms. The molecule has 88 valence electrons. The number of carbonyl (C=O) groups excluding carboxylic acids is 1. The van der Waals surface area contributed by atoms with Gasteiger partial charge in [-0.15, -0.1) is 0 Å². The van der Waals surface area contributed by atoms with Crippen molar-refractivity contribution in [3.63, 3.8) is 0 Å². The Morgan fingerprint density at radius 2 is 2.24 bits per heavy atom. The summed E-state index contributed by atoms with van der Waals surface area (Å²) in [6.07, 6.45) is 1.66. The molecule has 0 saturated heterocycles. The third-order valence-electron chi connectivity index (χ3n) is 2.23. The summed E-state index contributed by atoms with van der Waals surface area (Å²) in [4.78, 5) is 19.4. The number of esters is 1. The van der Waals surface area contributed by atoms with E-state index >= 15 is 0 Å². The smallest absolute Gasteiger partial charge is 0.313 e. The van der Waals surface area contributed by atoms with Gasteiger partial charge in [-0.3, -0.25) is 4.79 Å². The maximum atomic E-state index is 11.1. The lowest BCUT2D eigenvalue weighted by molar-refractivity contribution is -0.139. The van der Waals surface area contributed by atoms with Crippen LogP contribution < -0.4 is 0 Å². The molecular weight excluding hydrogens is 220 g/mol. The lowest BCUT2D eigenvalue weighted by Gasteiger charge is -2.00. The summed E-state index contributed by atoms with van der Waals surface area (Å²) in [5, 5.41) is 0. The molecule has 2 aromatic rings. The van der Waals surface area contributed by atoms with Gasteiger partial charge in [-0.2, -0.15) is 0 Å². The van der Waals surface area contributed by atoms with E-state index in [4.69, 9.17) is 4.42 Å². The number of hydrogen-bond donors (Lipinski definition) is 0. The van der Waals surface area contributed by atoms with Crippen molar-refractivity contribution in [1.82, 2.24) is 9.97 Å². The molecule has 0 atom stereocenters. The molecule has 0 aromatic carbocycles. The van der Waals surface area contributed by atoms with Gasteiger partial charge in [0, 0.05) is 6.20 Å². The number of aromatic nitrogens is 2. The normalized spacial score (nSPS) is 10.2. The predicted molar refractivity (Wildman–Crippen MR) is 60.2 cm³/mol. The molecule has 0 aliphatic rings. The van der Waals surface area contributed by atoms with E-state index in [1.165, 1.54) is 7.11 Å². The standard InChI is InChI=1S/C12H12N2O3/c1-8-3-4-10(17-8)9-5-6-13-11(14-9)7-12(15)16-2/h3-6H,7H2,1-2H3. The number of furan rings is 1. The van der Waals surface area contributed by atoms with Crippen LogP contribution in [0.5, 0.6) is 0 Å². The van der Waals surface area contributed by atoms with E-state index in [1.807, 2.05) is 19.1 Å². The van der Waals surface area contributed by atoms with Crippen LogP contribution in [0.3, 0.4) is 0 Å². The number of aryl methyl sites for hydroxylation is 1. The van der Waals surface area contributed by atoms with Crippen LogP contribution in [0.25, 0.3) is 11.5 Å². The maximum absolute atomic E-state index is 11.1. The van der Waals surface area contributed by atoms with Crippen LogP contribution in [0.15, 0.2) is 28.8 Å². The average molecular weight is 232 g/mol. The van der Waals surface area contributed by atoms with Crippen LogP contribution in [-0.4, -0.2) is 23.0 Å². The van der Waals surface area contributed by atoms with Gasteiger partial charge in [0.2, 0.25) is 0 Å². The second kappa shape index (κ2) is 4.78. The first-order chi connectivity index (χ1) is 8.19. The number of rotatable bonds is 3. The fourth-order valence-electron chi connectivity index (χ4n) is 1.39. The first kappa shape index (κ1) is 11.3. The van der Waals surface area contributed by atoms with Gasteiger partial charge < -0.3 is 9.15 Å². The van der Waals surface area contributed by atoms with Gasteiger partial charge in [-0.1, -0.05) is 0 Å². The quantitative estimate of drug-likeness (QED) is 0.754. The molecule has 0 aliphatic carbocycles. The second-order valence-corrected chi connectivity index (χ2v) is 3.52. The molecule has 0 aliphatic heterocycles. The highest BCUT2D eigenvalue weighted by Gasteiger charge is 2.09. The molecule has 5 heteroatoms. The zero-order chi connectivity index (χ0) is 12.3. The van der Waals surface area contributed by atoms with Crippen molar-refractivity contribution in [2.24, 2.45) is 0 Å². The Kier molecular flexibility index (Phi) is 3.18. The Morgan fingerprint density at radius 1 is 1.41 bits per heavy atom. The zero-order valence-corrected chi connectivity index (χ0v) is 9.64. The van der Waals surface area contributed by atoms with Crippen molar-refractivity contribution >= 4 is 5.97 Å². The molecule has 2 heterocycles. The Morgan fingerprint density at radius 3 is 2.88 bits per heavy atom. The van der Waals surface area contributed by atoms with Crippen molar-refractivity contribution in [3.05, 3.63) is 36.0 Å². The lowest BCUT2D eigenvalue weighted by Crippen LogP contribution is -2.08. The molecule has 0 bridgehead atoms. The van der Waals surface area contributed by atoms with E-state index < -0.39 is 0 Å². The summed E-state index contributed by atoms with van der Waals surface area (Å²) >= 11 is 0. The fraction of sp³-hybridized carbons (Fsp3) is 0.250. The molecule has 0 unspecified atom stereocenters. The first-order valence-corrected chi connectivity index (χ1v) is 5.14. The van der Waals surface area contributed by atoms with Crippen molar-refractivity contribution in [1.29, 1.82) is 0 Å². The average Bonchev–Trinajstić information content (AvgIpc) is 2.76. The van der Waals surface area contributed by atoms with E-state index in [9.17, 15) is 4.79 Å². The third-order valence-corrected chi connectivity index (χ3v) is 2.23. The second-order valence-electron chi connectivity index (χ2n) is 3.52. The van der Waals surface area contributed by atoms with Crippen molar-refractivity contribution in [2.45, 2.75) is 13.3 Å². The largest absolute Gasteiger partial charge is 0.469 e. The molecular formula is C12H12N2O3. The van der Waals surface area contributed by atoms with E-state index in [0.717, 1.165) is 5.76 Å². The summed E-state index contributed by atoms with van der Waals surface area (Å²) in [6.45, 7) is 1.86. The number of nitrogens with zero attached hydrogens (tertiary/aromatic N) is 2. The molecule has 5 nitrogen and oxygen atoms in total. The SMILES string of the molecule is COC(=O)Cc1nccc(-c2ccc(C)o2)n1. The van der Waals surface area contributed by atoms with Crippen molar-refractivity contribution < 1.29 is 13.9 Å². The number of methoxy groups -OCH3 is 1. The van der Waals surface area contributed by atoms with Crippen LogP contribution in [-0.2, 0) is 16.0 Å². The van der Waals surface area contributed by atoms with Crippen LogP contribution in [0, 0.1) is 6.92 Å². The Hall–Kier alpha value is -2.17. The van der Waals surface area contributed by atoms with Crippen LogP contribution >= 0.6 is 0 Å². The van der Waals surface area contributed by atoms with Gasteiger partial charge >= 0.3 is 5.97 Å². The fourth-order valence-corrected chi connectivity index (χ4v) is 1.39. The van der Waals surface area contributed by atoms with Crippen LogP contribution in [0.2, 0.25) is 0 Å². The van der Waals surface area contributed by atoms with Gasteiger partial charge in [-0.25, -0.2) is 9.97 Å². The highest BCUT2D eigenvalue weighted by molar-refractivity contribution is 5.71. The number of ether oxygens (including phenoxy) is 1. The molecule has 0 N–H and O–H groups in total. The highest BCUT2D eigenvalue weighted by Crippen LogP contribution is 2.19. The van der Waals surface area contributed by atoms with E-state index in [2.05, 4.69) is 14.7 Å². The molecule has 0 amide bonds. The highest BCUT2D eigenvalue weighted by atomic mass is 16.5. The minimum absolute atomic E-state index is 0.0596. The molecule has 0 fully saturated rings. The van der Waals surface area contributed by atoms with Crippen LogP contribution in [0.1, 0.15) is 11.6 Å². The third kappa shape index (κ3) is 2.69. The molecule has 0 radical (unpaired) electrons. The van der Waals surface area contributed by atoms with Crippen molar-refractivity contribution in [2.75, 3.05) is 7.11 Å². The summed E-state index contributed by atoms with van der Waals surface area (Å²) in [7, 11) is 1.34. The zero-order valence-electron chi connectivity index (χ0n) is 9.64. The predicted octanol–water partition coefficient (Wildman–Crippen LogP) is 1.76. The minimum Gasteiger partial charge on any atom is -0.469 e. The van der Waals surface area contributed by atoms with E-state index in [-0.39, 0.29) is 12.4 Å². The molecule has 2 aromatic heterocycles. The lowest BCUT2D eigenvalue weighted by atomic mass is 10.3. The first-order valence-electron chi connectivity index (χ1n) is 5.14. The summed E-state index contributed by atoms with van der Waals surface area (Å²) < 4.78 is 10.0. The summed E-state index contributed by atoms with van der Waals surface area (Å²) in [5.41, 5.74) is 0.659. The van der Waals surface area contributed by atoms with Gasteiger partial charge in [0.05, 0.1) is 7.11 Å². The summed E-state index contributed by atoms with van der Waals surface area (Å²) in [5.74, 6) is 1.53. The maximum Gasteiger partial charge on any atom is 0.313 e. The molecule has 2 rings (SSSR count). The Labute approximate surface area is 98.5 Å². The molecule has 0 saturated carbocycles. The van der Waals surface area contributed by atoms with Gasteiger partial charge in [0.1, 0.15) is 23.7 Å². The van der Waals surface area contributed by atoms with E-state index in [0.29, 0.717) is 17.3 Å². The molecule has 0 spiro atoms. The van der Waals surface area contributed by atoms with Gasteiger partial charge in [0.25, 0.3) is 0 Å². The van der Waals surface area contributed by atoms with Gasteiger partial charge in [0.15, 0.2) is 5.76 Å². The monoisotopic (exact) mass is 232 g/mol. The van der Waals surface area contributed by atoms with E-state index in [1.54, 1.807) is 12.3 Å². The van der Waals surface area contributed by atoms with Gasteiger partial charge in [-0.05, 0) is 25.1 Å². The topological polar surface area (TPSA) is 65.2 Å². The summed E-state index contributed by atoms with van der Waals surface area (Å²) in [6, 6.07) is 5.43. The Bertz CT molecular complexity index is 534. The Balaban J connectivity index is 2.25.